The monoisotopic (exact) mass is 341 g/mol. The fraction of sp³-hybridized carbons (Fsp3) is 0.429. The van der Waals surface area contributed by atoms with Gasteiger partial charge in [0.15, 0.2) is 6.04 Å². The van der Waals surface area contributed by atoms with E-state index in [0.29, 0.717) is 0 Å². The van der Waals surface area contributed by atoms with Crippen LogP contribution >= 0.6 is 0 Å². The van der Waals surface area contributed by atoms with Crippen molar-refractivity contribution in [2.24, 2.45) is 0 Å². The van der Waals surface area contributed by atoms with Gasteiger partial charge in [0.25, 0.3) is 11.6 Å². The van der Waals surface area contributed by atoms with Crippen molar-refractivity contribution in [3.8, 4) is 0 Å². The lowest BCUT2D eigenvalue weighted by Gasteiger charge is -2.22. The van der Waals surface area contributed by atoms with Gasteiger partial charge >= 0.3 is 0 Å². The molecule has 0 bridgehead atoms. The average Bonchev–Trinajstić information content (AvgIpc) is 2.51. The van der Waals surface area contributed by atoms with E-state index in [2.05, 4.69) is 16.4 Å². The SMILES string of the molecule is C[C@@H](O)[C@H]([NH3+])C(=O)N[C@H](C(=O)Nc1ccc([N+](=O)[O-])cc1)[C@@H](C)O. The average molecular weight is 341 g/mol. The van der Waals surface area contributed by atoms with E-state index in [1.165, 1.54) is 38.1 Å². The summed E-state index contributed by atoms with van der Waals surface area (Å²) < 4.78 is 0. The summed E-state index contributed by atoms with van der Waals surface area (Å²) in [5.41, 5.74) is 3.62. The molecule has 10 heteroatoms. The number of carbonyl (C=O) groups excluding carboxylic acids is 2. The largest absolute Gasteiger partial charge is 0.391 e. The Balaban J connectivity index is 2.80. The lowest BCUT2D eigenvalue weighted by atomic mass is 10.1. The molecule has 132 valence electrons. The molecule has 1 aromatic carbocycles. The van der Waals surface area contributed by atoms with Crippen LogP contribution in [0.2, 0.25) is 0 Å². The van der Waals surface area contributed by atoms with Crippen molar-refractivity contribution < 1.29 is 30.5 Å². The first kappa shape index (κ1) is 19.5. The molecule has 7 N–H and O–H groups in total. The number of nitro groups is 1. The molecular formula is C14H21N4O6+. The third kappa shape index (κ3) is 5.26. The molecule has 0 aliphatic heterocycles. The van der Waals surface area contributed by atoms with E-state index < -0.39 is 41.0 Å². The van der Waals surface area contributed by atoms with Crippen molar-refractivity contribution in [2.75, 3.05) is 5.32 Å². The first-order valence-electron chi connectivity index (χ1n) is 7.18. The highest BCUT2D eigenvalue weighted by Gasteiger charge is 2.31. The first-order valence-corrected chi connectivity index (χ1v) is 7.18. The Morgan fingerprint density at radius 2 is 1.67 bits per heavy atom. The van der Waals surface area contributed by atoms with E-state index in [9.17, 15) is 29.9 Å². The lowest BCUT2D eigenvalue weighted by Crippen LogP contribution is -2.73. The maximum absolute atomic E-state index is 12.2. The van der Waals surface area contributed by atoms with Gasteiger partial charge in [-0.15, -0.1) is 0 Å². The number of nitro benzene ring substituents is 1. The van der Waals surface area contributed by atoms with Gasteiger partial charge in [0.2, 0.25) is 5.91 Å². The second-order valence-electron chi connectivity index (χ2n) is 5.37. The predicted octanol–water partition coefficient (Wildman–Crippen LogP) is -1.61. The molecule has 10 nitrogen and oxygen atoms in total. The Labute approximate surface area is 137 Å². The van der Waals surface area contributed by atoms with Gasteiger partial charge in [0.05, 0.1) is 11.0 Å². The molecule has 0 fully saturated rings. The second kappa shape index (κ2) is 8.34. The molecule has 1 aromatic rings. The second-order valence-corrected chi connectivity index (χ2v) is 5.37. The van der Waals surface area contributed by atoms with E-state index in [4.69, 9.17) is 0 Å². The quantitative estimate of drug-likeness (QED) is 0.295. The van der Waals surface area contributed by atoms with Crippen LogP contribution in [0.4, 0.5) is 11.4 Å². The molecule has 0 unspecified atom stereocenters. The zero-order valence-corrected chi connectivity index (χ0v) is 13.3. The molecule has 0 heterocycles. The van der Waals surface area contributed by atoms with Crippen molar-refractivity contribution in [1.29, 1.82) is 0 Å². The van der Waals surface area contributed by atoms with E-state index in [1.54, 1.807) is 0 Å². The third-order valence-electron chi connectivity index (χ3n) is 3.33. The van der Waals surface area contributed by atoms with Crippen molar-refractivity contribution in [1.82, 2.24) is 5.32 Å². The van der Waals surface area contributed by atoms with Gasteiger partial charge in [-0.25, -0.2) is 0 Å². The normalized spacial score (nSPS) is 15.7. The lowest BCUT2D eigenvalue weighted by molar-refractivity contribution is -0.419. The number of amides is 2. The van der Waals surface area contributed by atoms with Crippen LogP contribution in [0.15, 0.2) is 24.3 Å². The number of hydrogen-bond donors (Lipinski definition) is 5. The number of nitrogens with one attached hydrogen (secondary N) is 2. The minimum Gasteiger partial charge on any atom is -0.391 e. The van der Waals surface area contributed by atoms with Gasteiger partial charge in [0.1, 0.15) is 12.1 Å². The summed E-state index contributed by atoms with van der Waals surface area (Å²) in [6.45, 7) is 2.70. The predicted molar refractivity (Wildman–Crippen MR) is 83.7 cm³/mol. The molecule has 0 radical (unpaired) electrons. The number of carbonyl (C=O) groups is 2. The summed E-state index contributed by atoms with van der Waals surface area (Å²) in [6.07, 6.45) is -2.22. The smallest absolute Gasteiger partial charge is 0.281 e. The van der Waals surface area contributed by atoms with Crippen LogP contribution in [-0.4, -0.2) is 51.2 Å². The van der Waals surface area contributed by atoms with Gasteiger partial charge in [-0.3, -0.25) is 19.7 Å². The van der Waals surface area contributed by atoms with Crippen molar-refractivity contribution >= 4 is 23.2 Å². The van der Waals surface area contributed by atoms with E-state index in [1.807, 2.05) is 0 Å². The fourth-order valence-corrected chi connectivity index (χ4v) is 1.77. The van der Waals surface area contributed by atoms with Crippen LogP contribution in [0, 0.1) is 10.1 Å². The van der Waals surface area contributed by atoms with Crippen LogP contribution < -0.4 is 16.4 Å². The summed E-state index contributed by atoms with van der Waals surface area (Å²) in [7, 11) is 0. The van der Waals surface area contributed by atoms with Gasteiger partial charge < -0.3 is 26.6 Å². The molecular weight excluding hydrogens is 320 g/mol. The minimum atomic E-state index is -1.27. The number of aliphatic hydroxyl groups excluding tert-OH is 2. The maximum Gasteiger partial charge on any atom is 0.281 e. The highest BCUT2D eigenvalue weighted by molar-refractivity contribution is 5.98. The first-order chi connectivity index (χ1) is 11.1. The van der Waals surface area contributed by atoms with Crippen molar-refractivity contribution in [2.45, 2.75) is 38.1 Å². The molecule has 0 aliphatic rings. The van der Waals surface area contributed by atoms with Gasteiger partial charge in [-0.2, -0.15) is 0 Å². The highest BCUT2D eigenvalue weighted by Crippen LogP contribution is 2.15. The molecule has 0 spiro atoms. The van der Waals surface area contributed by atoms with E-state index >= 15 is 0 Å². The zero-order chi connectivity index (χ0) is 18.4. The molecule has 0 aromatic heterocycles. The Morgan fingerprint density at radius 3 is 2.08 bits per heavy atom. The van der Waals surface area contributed by atoms with E-state index in [-0.39, 0.29) is 11.4 Å². The molecule has 0 saturated heterocycles. The summed E-state index contributed by atoms with van der Waals surface area (Å²) in [6, 6.07) is 2.82. The van der Waals surface area contributed by atoms with Gasteiger partial charge in [0, 0.05) is 17.8 Å². The third-order valence-corrected chi connectivity index (χ3v) is 3.33. The summed E-state index contributed by atoms with van der Waals surface area (Å²) in [4.78, 5) is 34.1. The number of anilines is 1. The molecule has 0 saturated carbocycles. The van der Waals surface area contributed by atoms with Gasteiger partial charge in [-0.1, -0.05) is 0 Å². The highest BCUT2D eigenvalue weighted by atomic mass is 16.6. The van der Waals surface area contributed by atoms with Crippen LogP contribution in [0.3, 0.4) is 0 Å². The fourth-order valence-electron chi connectivity index (χ4n) is 1.77. The number of rotatable bonds is 7. The Hall–Kier alpha value is -2.56. The molecule has 4 atom stereocenters. The number of non-ortho nitro benzene ring substituents is 1. The Bertz CT molecular complexity index is 602. The number of nitrogens with zero attached hydrogens (tertiary/aromatic N) is 1. The number of hydrogen-bond acceptors (Lipinski definition) is 6. The Kier molecular flexibility index (Phi) is 6.77. The summed E-state index contributed by atoms with van der Waals surface area (Å²) in [5.74, 6) is -1.39. The summed E-state index contributed by atoms with van der Waals surface area (Å²) in [5, 5.41) is 34.4. The molecule has 24 heavy (non-hydrogen) atoms. The van der Waals surface area contributed by atoms with Crippen LogP contribution in [0.1, 0.15) is 13.8 Å². The van der Waals surface area contributed by atoms with Crippen LogP contribution in [0.5, 0.6) is 0 Å². The number of benzene rings is 1. The van der Waals surface area contributed by atoms with E-state index in [0.717, 1.165) is 0 Å². The van der Waals surface area contributed by atoms with Crippen LogP contribution in [0.25, 0.3) is 0 Å². The maximum atomic E-state index is 12.2. The number of aliphatic hydroxyl groups is 2. The standard InChI is InChI=1S/C14H20N4O6/c1-7(19)11(15)13(21)17-12(8(2)20)14(22)16-9-3-5-10(6-4-9)18(23)24/h3-8,11-12,19-20H,15H2,1-2H3,(H,16,22)(H,17,21)/p+1/t7-,8-,11+,12+/m1/s1. The summed E-state index contributed by atoms with van der Waals surface area (Å²) >= 11 is 0. The molecule has 2 amide bonds. The minimum absolute atomic E-state index is 0.134. The van der Waals surface area contributed by atoms with Crippen molar-refractivity contribution in [3.63, 3.8) is 0 Å². The van der Waals surface area contributed by atoms with Crippen molar-refractivity contribution in [3.05, 3.63) is 34.4 Å². The van der Waals surface area contributed by atoms with Gasteiger partial charge in [-0.05, 0) is 26.0 Å². The molecule has 1 rings (SSSR count). The zero-order valence-electron chi connectivity index (χ0n) is 13.3. The number of quaternary nitrogens is 1. The molecule has 0 aliphatic carbocycles. The topological polar surface area (TPSA) is 169 Å². The Morgan fingerprint density at radius 1 is 1.12 bits per heavy atom. The van der Waals surface area contributed by atoms with Crippen LogP contribution in [-0.2, 0) is 9.59 Å².